The fourth-order valence-corrected chi connectivity index (χ4v) is 0.404. The van der Waals surface area contributed by atoms with Crippen molar-refractivity contribution in [3.05, 3.63) is 12.2 Å². The summed E-state index contributed by atoms with van der Waals surface area (Å²) in [5.74, 6) is -0.943. The van der Waals surface area contributed by atoms with Crippen molar-refractivity contribution in [2.45, 2.75) is 12.8 Å². The topological polar surface area (TPSA) is 54.4 Å². The first-order valence-corrected chi connectivity index (χ1v) is 2.49. The van der Waals surface area contributed by atoms with E-state index < -0.39 is 5.97 Å². The monoisotopic (exact) mass is 128 g/mol. The van der Waals surface area contributed by atoms with E-state index in [1.807, 2.05) is 0 Å². The van der Waals surface area contributed by atoms with Crippen LogP contribution in [-0.2, 0) is 9.59 Å². The Kier molecular flexibility index (Phi) is 3.35. The van der Waals surface area contributed by atoms with Gasteiger partial charge in [-0.05, 0) is 0 Å². The second kappa shape index (κ2) is 3.83. The molecule has 1 N–H and O–H groups in total. The molecule has 0 aliphatic rings. The van der Waals surface area contributed by atoms with E-state index in [-0.39, 0.29) is 12.8 Å². The van der Waals surface area contributed by atoms with Crippen molar-refractivity contribution in [2.24, 2.45) is 0 Å². The zero-order valence-electron chi connectivity index (χ0n) is 4.96. The molecule has 0 radical (unpaired) electrons. The lowest BCUT2D eigenvalue weighted by molar-refractivity contribution is -0.136. The van der Waals surface area contributed by atoms with Crippen LogP contribution >= 0.6 is 0 Å². The SMILES string of the molecule is C=C(CC=O)CC(=O)O. The standard InChI is InChI=1S/C6H8O3/c1-5(2-3-7)4-6(8)9/h3H,1-2,4H2,(H,8,9). The first kappa shape index (κ1) is 7.88. The third-order valence-electron chi connectivity index (χ3n) is 0.773. The minimum absolute atomic E-state index is 0.112. The van der Waals surface area contributed by atoms with Gasteiger partial charge in [0.1, 0.15) is 6.29 Å². The lowest BCUT2D eigenvalue weighted by atomic mass is 10.2. The van der Waals surface area contributed by atoms with Gasteiger partial charge in [0.2, 0.25) is 0 Å². The molecule has 0 saturated carbocycles. The molecule has 3 nitrogen and oxygen atoms in total. The van der Waals surface area contributed by atoms with E-state index in [0.717, 1.165) is 0 Å². The zero-order valence-corrected chi connectivity index (χ0v) is 4.96. The maximum Gasteiger partial charge on any atom is 0.307 e. The average Bonchev–Trinajstić information content (AvgIpc) is 1.63. The van der Waals surface area contributed by atoms with Crippen molar-refractivity contribution in [1.29, 1.82) is 0 Å². The molecule has 0 saturated heterocycles. The van der Waals surface area contributed by atoms with E-state index >= 15 is 0 Å². The van der Waals surface area contributed by atoms with Crippen molar-refractivity contribution >= 4 is 12.3 Å². The van der Waals surface area contributed by atoms with Gasteiger partial charge in [-0.2, -0.15) is 0 Å². The Hall–Kier alpha value is -1.12. The summed E-state index contributed by atoms with van der Waals surface area (Å²) in [7, 11) is 0. The minimum Gasteiger partial charge on any atom is -0.481 e. The molecule has 0 heterocycles. The third kappa shape index (κ3) is 4.74. The van der Waals surface area contributed by atoms with Gasteiger partial charge in [-0.3, -0.25) is 4.79 Å². The van der Waals surface area contributed by atoms with Crippen LogP contribution in [0.3, 0.4) is 0 Å². The Morgan fingerprint density at radius 2 is 2.22 bits per heavy atom. The van der Waals surface area contributed by atoms with Crippen molar-refractivity contribution < 1.29 is 14.7 Å². The number of aliphatic carboxylic acids is 1. The number of aldehydes is 1. The van der Waals surface area contributed by atoms with Crippen molar-refractivity contribution in [3.8, 4) is 0 Å². The first-order valence-electron chi connectivity index (χ1n) is 2.49. The molecule has 0 aromatic heterocycles. The van der Waals surface area contributed by atoms with Gasteiger partial charge in [-0.15, -0.1) is 0 Å². The van der Waals surface area contributed by atoms with E-state index in [4.69, 9.17) is 5.11 Å². The minimum atomic E-state index is -0.943. The summed E-state index contributed by atoms with van der Waals surface area (Å²) < 4.78 is 0. The molecular formula is C6H8O3. The van der Waals surface area contributed by atoms with E-state index in [0.29, 0.717) is 11.9 Å². The van der Waals surface area contributed by atoms with Crippen LogP contribution in [0, 0.1) is 0 Å². The van der Waals surface area contributed by atoms with Gasteiger partial charge in [0.05, 0.1) is 6.42 Å². The van der Waals surface area contributed by atoms with E-state index in [9.17, 15) is 9.59 Å². The van der Waals surface area contributed by atoms with Crippen LogP contribution < -0.4 is 0 Å². The van der Waals surface area contributed by atoms with Crippen LogP contribution in [0.2, 0.25) is 0 Å². The molecule has 0 aromatic carbocycles. The molecule has 3 heteroatoms. The average molecular weight is 128 g/mol. The van der Waals surface area contributed by atoms with E-state index in [1.165, 1.54) is 0 Å². The maximum absolute atomic E-state index is 9.91. The maximum atomic E-state index is 9.91. The van der Waals surface area contributed by atoms with E-state index in [2.05, 4.69) is 6.58 Å². The molecule has 0 bridgehead atoms. The van der Waals surface area contributed by atoms with Crippen LogP contribution in [0.15, 0.2) is 12.2 Å². The molecule has 0 aromatic rings. The van der Waals surface area contributed by atoms with Crippen LogP contribution in [0.5, 0.6) is 0 Å². The van der Waals surface area contributed by atoms with Gasteiger partial charge in [-0.1, -0.05) is 12.2 Å². The van der Waals surface area contributed by atoms with Crippen LogP contribution in [0.25, 0.3) is 0 Å². The highest BCUT2D eigenvalue weighted by Gasteiger charge is 1.98. The second-order valence-corrected chi connectivity index (χ2v) is 1.69. The first-order chi connectivity index (χ1) is 4.16. The molecule has 0 atom stereocenters. The highest BCUT2D eigenvalue weighted by molar-refractivity contribution is 5.71. The summed E-state index contributed by atoms with van der Waals surface area (Å²) >= 11 is 0. The number of carboxylic acids is 1. The molecule has 0 unspecified atom stereocenters. The summed E-state index contributed by atoms with van der Waals surface area (Å²) in [6.07, 6.45) is 0.677. The Morgan fingerprint density at radius 1 is 1.67 bits per heavy atom. The van der Waals surface area contributed by atoms with Gasteiger partial charge in [0, 0.05) is 6.42 Å². The predicted octanol–water partition coefficient (Wildman–Crippen LogP) is 0.606. The Labute approximate surface area is 53.0 Å². The summed E-state index contributed by atoms with van der Waals surface area (Å²) in [5.41, 5.74) is 0.442. The van der Waals surface area contributed by atoms with Crippen LogP contribution in [0.4, 0.5) is 0 Å². The molecule has 50 valence electrons. The molecule has 0 aliphatic carbocycles. The summed E-state index contributed by atoms with van der Waals surface area (Å²) in [4.78, 5) is 19.7. The third-order valence-corrected chi connectivity index (χ3v) is 0.773. The smallest absolute Gasteiger partial charge is 0.307 e. The molecule has 0 spiro atoms. The van der Waals surface area contributed by atoms with Crippen LogP contribution in [-0.4, -0.2) is 17.4 Å². The Morgan fingerprint density at radius 3 is 2.56 bits per heavy atom. The van der Waals surface area contributed by atoms with Gasteiger partial charge in [0.15, 0.2) is 0 Å². The number of carbonyl (C=O) groups excluding carboxylic acids is 1. The van der Waals surface area contributed by atoms with E-state index in [1.54, 1.807) is 0 Å². The van der Waals surface area contributed by atoms with Crippen molar-refractivity contribution in [2.75, 3.05) is 0 Å². The van der Waals surface area contributed by atoms with Gasteiger partial charge in [-0.25, -0.2) is 0 Å². The number of carboxylic acid groups (broad SMARTS) is 1. The van der Waals surface area contributed by atoms with Gasteiger partial charge < -0.3 is 9.90 Å². The summed E-state index contributed by atoms with van der Waals surface area (Å²) in [6.45, 7) is 3.37. The second-order valence-electron chi connectivity index (χ2n) is 1.69. The fourth-order valence-electron chi connectivity index (χ4n) is 0.404. The number of hydrogen-bond acceptors (Lipinski definition) is 2. The molecule has 9 heavy (non-hydrogen) atoms. The molecule has 0 fully saturated rings. The number of hydrogen-bond donors (Lipinski definition) is 1. The quantitative estimate of drug-likeness (QED) is 0.445. The fraction of sp³-hybridized carbons (Fsp3) is 0.333. The number of rotatable bonds is 4. The Bertz CT molecular complexity index is 137. The number of carbonyl (C=O) groups is 2. The Balaban J connectivity index is 3.50. The summed E-state index contributed by atoms with van der Waals surface area (Å²) in [5, 5.41) is 8.13. The lowest BCUT2D eigenvalue weighted by Crippen LogP contribution is -1.96. The van der Waals surface area contributed by atoms with Gasteiger partial charge >= 0.3 is 5.97 Å². The van der Waals surface area contributed by atoms with Crippen molar-refractivity contribution in [3.63, 3.8) is 0 Å². The largest absolute Gasteiger partial charge is 0.481 e. The molecule has 0 amide bonds. The highest BCUT2D eigenvalue weighted by Crippen LogP contribution is 1.99. The molecule has 0 aliphatic heterocycles. The lowest BCUT2D eigenvalue weighted by Gasteiger charge is -1.92. The van der Waals surface area contributed by atoms with Crippen LogP contribution in [0.1, 0.15) is 12.8 Å². The summed E-state index contributed by atoms with van der Waals surface area (Å²) in [6, 6.07) is 0. The molecule has 0 rings (SSSR count). The molecular weight excluding hydrogens is 120 g/mol. The zero-order chi connectivity index (χ0) is 7.28. The van der Waals surface area contributed by atoms with Gasteiger partial charge in [0.25, 0.3) is 0 Å². The van der Waals surface area contributed by atoms with Crippen molar-refractivity contribution in [1.82, 2.24) is 0 Å². The predicted molar refractivity (Wildman–Crippen MR) is 32.1 cm³/mol. The normalized spacial score (nSPS) is 8.44. The highest BCUT2D eigenvalue weighted by atomic mass is 16.4.